The maximum absolute atomic E-state index is 5.03. The van der Waals surface area contributed by atoms with Crippen LogP contribution in [-0.4, -0.2) is 70.6 Å². The van der Waals surface area contributed by atoms with E-state index < -0.39 is 0 Å². The van der Waals surface area contributed by atoms with Crippen LogP contribution in [0.15, 0.2) is 54.6 Å². The fraction of sp³-hybridized carbons (Fsp3) is 0.462. The number of rotatable bonds is 12. The van der Waals surface area contributed by atoms with E-state index in [0.29, 0.717) is 6.04 Å². The van der Waals surface area contributed by atoms with E-state index >= 15 is 0 Å². The molecule has 0 unspecified atom stereocenters. The van der Waals surface area contributed by atoms with Crippen molar-refractivity contribution >= 4 is 16.6 Å². The molecule has 2 heterocycles. The number of ether oxygens (including phenoxy) is 1. The lowest BCUT2D eigenvalue weighted by molar-refractivity contribution is 0.199. The summed E-state index contributed by atoms with van der Waals surface area (Å²) in [6, 6.07) is 20.3. The van der Waals surface area contributed by atoms with Crippen molar-refractivity contribution < 1.29 is 4.74 Å². The van der Waals surface area contributed by atoms with Crippen LogP contribution < -0.4 is 20.9 Å². The van der Waals surface area contributed by atoms with Crippen molar-refractivity contribution in [2.24, 2.45) is 0 Å². The smallest absolute Gasteiger partial charge is 0.0587 e. The summed E-state index contributed by atoms with van der Waals surface area (Å²) < 4.78 is 5.03. The summed E-state index contributed by atoms with van der Waals surface area (Å²) in [5.74, 6) is 0. The van der Waals surface area contributed by atoms with E-state index in [9.17, 15) is 0 Å². The molecule has 32 heavy (non-hydrogen) atoms. The van der Waals surface area contributed by atoms with E-state index in [1.54, 1.807) is 7.11 Å². The van der Waals surface area contributed by atoms with E-state index in [1.807, 2.05) is 0 Å². The number of nitrogens with zero attached hydrogens (tertiary/aromatic N) is 1. The number of piperidine rings is 1. The molecule has 3 aromatic rings. The van der Waals surface area contributed by atoms with Gasteiger partial charge in [-0.2, -0.15) is 0 Å². The van der Waals surface area contributed by atoms with Crippen molar-refractivity contribution in [2.45, 2.75) is 18.9 Å². The lowest BCUT2D eigenvalue weighted by Crippen LogP contribution is -2.44. The molecule has 2 aromatic carbocycles. The maximum Gasteiger partial charge on any atom is 0.0587 e. The minimum absolute atomic E-state index is 0.616. The van der Waals surface area contributed by atoms with Gasteiger partial charge in [-0.3, -0.25) is 0 Å². The van der Waals surface area contributed by atoms with Crippen LogP contribution in [0.1, 0.15) is 12.8 Å². The Balaban J connectivity index is 1.19. The molecule has 0 radical (unpaired) electrons. The zero-order valence-electron chi connectivity index (χ0n) is 19.2. The summed E-state index contributed by atoms with van der Waals surface area (Å²) in [6.45, 7) is 7.91. The lowest BCUT2D eigenvalue weighted by atomic mass is 10.0. The molecule has 1 aliphatic heterocycles. The number of aromatic nitrogens is 1. The van der Waals surface area contributed by atoms with Crippen molar-refractivity contribution in [2.75, 3.05) is 64.4 Å². The van der Waals surface area contributed by atoms with Crippen LogP contribution in [-0.2, 0) is 4.74 Å². The highest BCUT2D eigenvalue weighted by atomic mass is 16.5. The van der Waals surface area contributed by atoms with Crippen molar-refractivity contribution in [3.05, 3.63) is 54.6 Å². The molecule has 0 atom stereocenters. The van der Waals surface area contributed by atoms with Crippen LogP contribution in [0.2, 0.25) is 0 Å². The lowest BCUT2D eigenvalue weighted by Gasteiger charge is -2.34. The quantitative estimate of drug-likeness (QED) is 0.329. The molecular formula is C26H37N5O. The SMILES string of the molecule is COCCNCCNCCNC1CCN(c2cccc(-c3cc4ccccc4[nH]3)c2)CC1. The Hall–Kier alpha value is -2.38. The second-order valence-corrected chi connectivity index (χ2v) is 8.53. The number of hydrogen-bond donors (Lipinski definition) is 4. The third kappa shape index (κ3) is 6.33. The summed E-state index contributed by atoms with van der Waals surface area (Å²) >= 11 is 0. The Morgan fingerprint density at radius 3 is 2.50 bits per heavy atom. The van der Waals surface area contributed by atoms with Gasteiger partial charge >= 0.3 is 0 Å². The first-order valence-electron chi connectivity index (χ1n) is 11.9. The van der Waals surface area contributed by atoms with Gasteiger partial charge in [-0.15, -0.1) is 0 Å². The molecule has 1 aromatic heterocycles. The van der Waals surface area contributed by atoms with Gasteiger partial charge in [0.1, 0.15) is 0 Å². The molecule has 0 amide bonds. The number of aromatic amines is 1. The second-order valence-electron chi connectivity index (χ2n) is 8.53. The number of anilines is 1. The van der Waals surface area contributed by atoms with Gasteiger partial charge in [0.2, 0.25) is 0 Å². The predicted octanol–water partition coefficient (Wildman–Crippen LogP) is 3.22. The first-order chi connectivity index (χ1) is 15.8. The number of para-hydroxylation sites is 1. The molecule has 0 aliphatic carbocycles. The molecule has 0 bridgehead atoms. The molecule has 6 nitrogen and oxygen atoms in total. The predicted molar refractivity (Wildman–Crippen MR) is 135 cm³/mol. The monoisotopic (exact) mass is 435 g/mol. The molecular weight excluding hydrogens is 398 g/mol. The summed E-state index contributed by atoms with van der Waals surface area (Å²) in [7, 11) is 1.73. The molecule has 1 aliphatic rings. The third-order valence-electron chi connectivity index (χ3n) is 6.24. The largest absolute Gasteiger partial charge is 0.383 e. The fourth-order valence-corrected chi connectivity index (χ4v) is 4.41. The van der Waals surface area contributed by atoms with Crippen LogP contribution in [0, 0.1) is 0 Å². The van der Waals surface area contributed by atoms with Crippen molar-refractivity contribution in [1.82, 2.24) is 20.9 Å². The Kier molecular flexibility index (Phi) is 8.56. The number of nitrogens with one attached hydrogen (secondary N) is 4. The third-order valence-corrected chi connectivity index (χ3v) is 6.24. The molecule has 0 saturated carbocycles. The molecule has 172 valence electrons. The van der Waals surface area contributed by atoms with Crippen molar-refractivity contribution in [3.8, 4) is 11.3 Å². The summed E-state index contributed by atoms with van der Waals surface area (Å²) in [5.41, 5.74) is 4.95. The standard InChI is InChI=1S/C26H37N5O/c1-32-18-15-28-12-11-27-13-14-29-23-9-16-31(17-10-23)24-7-4-6-21(19-24)26-20-22-5-2-3-8-25(22)30-26/h2-8,19-20,23,27-30H,9-18H2,1H3. The molecule has 6 heteroatoms. The molecule has 4 rings (SSSR count). The molecule has 4 N–H and O–H groups in total. The first-order valence-corrected chi connectivity index (χ1v) is 11.9. The average Bonchev–Trinajstić information content (AvgIpc) is 3.28. The van der Waals surface area contributed by atoms with Crippen molar-refractivity contribution in [3.63, 3.8) is 0 Å². The summed E-state index contributed by atoms with van der Waals surface area (Å²) in [4.78, 5) is 6.08. The fourth-order valence-electron chi connectivity index (χ4n) is 4.41. The van der Waals surface area contributed by atoms with Gasteiger partial charge in [0.05, 0.1) is 6.61 Å². The van der Waals surface area contributed by atoms with E-state index in [2.05, 4.69) is 80.4 Å². The number of H-pyrrole nitrogens is 1. The maximum atomic E-state index is 5.03. The number of hydrogen-bond acceptors (Lipinski definition) is 5. The van der Waals surface area contributed by atoms with Gasteiger partial charge in [-0.25, -0.2) is 0 Å². The van der Waals surface area contributed by atoms with Gasteiger partial charge in [-0.1, -0.05) is 30.3 Å². The topological polar surface area (TPSA) is 64.3 Å². The van der Waals surface area contributed by atoms with Crippen LogP contribution in [0.3, 0.4) is 0 Å². The Morgan fingerprint density at radius 1 is 0.906 bits per heavy atom. The van der Waals surface area contributed by atoms with Crippen LogP contribution in [0.5, 0.6) is 0 Å². The van der Waals surface area contributed by atoms with E-state index in [1.165, 1.54) is 40.7 Å². The Labute approximate surface area is 191 Å². The summed E-state index contributed by atoms with van der Waals surface area (Å²) in [5, 5.41) is 11.8. The van der Waals surface area contributed by atoms with Crippen LogP contribution >= 0.6 is 0 Å². The highest BCUT2D eigenvalue weighted by molar-refractivity contribution is 5.86. The van der Waals surface area contributed by atoms with Crippen molar-refractivity contribution in [1.29, 1.82) is 0 Å². The van der Waals surface area contributed by atoms with E-state index in [4.69, 9.17) is 4.74 Å². The van der Waals surface area contributed by atoms with Crippen LogP contribution in [0.4, 0.5) is 5.69 Å². The van der Waals surface area contributed by atoms with Gasteiger partial charge in [0.25, 0.3) is 0 Å². The Morgan fingerprint density at radius 2 is 1.69 bits per heavy atom. The van der Waals surface area contributed by atoms with Gasteiger partial charge in [-0.05, 0) is 42.7 Å². The molecule has 1 saturated heterocycles. The number of benzene rings is 2. The van der Waals surface area contributed by atoms with E-state index in [-0.39, 0.29) is 0 Å². The zero-order chi connectivity index (χ0) is 22.0. The zero-order valence-corrected chi connectivity index (χ0v) is 19.2. The minimum Gasteiger partial charge on any atom is -0.383 e. The van der Waals surface area contributed by atoms with Gasteiger partial charge < -0.3 is 30.6 Å². The van der Waals surface area contributed by atoms with Crippen LogP contribution in [0.25, 0.3) is 22.2 Å². The van der Waals surface area contributed by atoms with Gasteiger partial charge in [0, 0.05) is 81.2 Å². The number of fused-ring (bicyclic) bond motifs is 1. The highest BCUT2D eigenvalue weighted by Gasteiger charge is 2.19. The summed E-state index contributed by atoms with van der Waals surface area (Å²) in [6.07, 6.45) is 2.38. The number of methoxy groups -OCH3 is 1. The molecule has 1 fully saturated rings. The first kappa shape index (κ1) is 22.8. The molecule has 0 spiro atoms. The second kappa shape index (κ2) is 12.0. The van der Waals surface area contributed by atoms with E-state index in [0.717, 1.165) is 52.4 Å². The normalized spacial score (nSPS) is 15.0. The minimum atomic E-state index is 0.616. The Bertz CT molecular complexity index is 915. The van der Waals surface area contributed by atoms with Gasteiger partial charge in [0.15, 0.2) is 0 Å². The average molecular weight is 436 g/mol. The highest BCUT2D eigenvalue weighted by Crippen LogP contribution is 2.28.